The Morgan fingerprint density at radius 1 is 1.23 bits per heavy atom. The van der Waals surface area contributed by atoms with Crippen LogP contribution in [0.3, 0.4) is 0 Å². The fraction of sp³-hybridized carbons (Fsp3) is 0.455. The third-order valence-corrected chi connectivity index (χ3v) is 2.41. The molecule has 1 fully saturated rings. The Labute approximate surface area is 79.6 Å². The van der Waals surface area contributed by atoms with E-state index in [4.69, 9.17) is 0 Å². The number of nitrogens with one attached hydrogen (secondary N) is 1. The molecule has 1 aliphatic rings. The van der Waals surface area contributed by atoms with Gasteiger partial charge in [-0.1, -0.05) is 30.3 Å². The minimum atomic E-state index is 1.04. The highest BCUT2D eigenvalue weighted by atomic mass is 15.2. The van der Waals surface area contributed by atoms with E-state index in [-0.39, 0.29) is 0 Å². The maximum Gasteiger partial charge on any atom is 0.0483 e. The average Bonchev–Trinajstić information content (AvgIpc) is 2.21. The predicted molar refractivity (Wildman–Crippen MR) is 54.3 cm³/mol. The van der Waals surface area contributed by atoms with Gasteiger partial charge < -0.3 is 5.32 Å². The van der Waals surface area contributed by atoms with Gasteiger partial charge in [-0.2, -0.15) is 0 Å². The molecule has 0 amide bonds. The minimum Gasteiger partial charge on any atom is -0.304 e. The minimum absolute atomic E-state index is 1.04. The zero-order valence-corrected chi connectivity index (χ0v) is 7.87. The molecule has 0 atom stereocenters. The lowest BCUT2D eigenvalue weighted by Crippen LogP contribution is -2.40. The van der Waals surface area contributed by atoms with Crippen molar-refractivity contribution in [3.63, 3.8) is 0 Å². The van der Waals surface area contributed by atoms with Crippen molar-refractivity contribution in [2.24, 2.45) is 0 Å². The van der Waals surface area contributed by atoms with Gasteiger partial charge in [0.05, 0.1) is 0 Å². The molecule has 1 aromatic carbocycles. The van der Waals surface area contributed by atoms with E-state index in [1.54, 1.807) is 0 Å². The van der Waals surface area contributed by atoms with Crippen LogP contribution in [0, 0.1) is 0 Å². The van der Waals surface area contributed by atoms with Crippen molar-refractivity contribution in [2.45, 2.75) is 13.0 Å². The summed E-state index contributed by atoms with van der Waals surface area (Å²) in [6.07, 6.45) is 1.27. The molecule has 0 saturated carbocycles. The van der Waals surface area contributed by atoms with Crippen LogP contribution in [-0.2, 0) is 6.54 Å². The van der Waals surface area contributed by atoms with E-state index in [9.17, 15) is 0 Å². The number of hydrogen-bond donors (Lipinski definition) is 1. The highest BCUT2D eigenvalue weighted by Gasteiger charge is 2.08. The molecule has 2 heteroatoms. The summed E-state index contributed by atoms with van der Waals surface area (Å²) in [5, 5.41) is 3.38. The van der Waals surface area contributed by atoms with Crippen LogP contribution in [0.5, 0.6) is 0 Å². The van der Waals surface area contributed by atoms with E-state index in [0.717, 1.165) is 13.2 Å². The average molecular weight is 176 g/mol. The van der Waals surface area contributed by atoms with Gasteiger partial charge in [0.1, 0.15) is 0 Å². The first-order valence-corrected chi connectivity index (χ1v) is 4.92. The van der Waals surface area contributed by atoms with Gasteiger partial charge in [-0.05, 0) is 18.5 Å². The fourth-order valence-electron chi connectivity index (χ4n) is 1.72. The molecule has 1 saturated heterocycles. The van der Waals surface area contributed by atoms with Gasteiger partial charge in [0.15, 0.2) is 0 Å². The van der Waals surface area contributed by atoms with E-state index in [2.05, 4.69) is 40.5 Å². The van der Waals surface area contributed by atoms with Crippen molar-refractivity contribution >= 4 is 0 Å². The summed E-state index contributed by atoms with van der Waals surface area (Å²) in [6.45, 7) is 4.51. The summed E-state index contributed by atoms with van der Waals surface area (Å²) in [5.74, 6) is 0. The molecule has 13 heavy (non-hydrogen) atoms. The highest BCUT2D eigenvalue weighted by molar-refractivity contribution is 5.14. The second kappa shape index (κ2) is 4.40. The topological polar surface area (TPSA) is 15.3 Å². The Morgan fingerprint density at radius 2 is 2.08 bits per heavy atom. The Kier molecular flexibility index (Phi) is 2.95. The van der Waals surface area contributed by atoms with E-state index >= 15 is 0 Å². The standard InChI is InChI=1S/C11H16N2/c1-2-5-11(6-3-1)9-13-8-4-7-12-10-13/h1-3,5-6,12H,4,7-10H2. The molecule has 1 heterocycles. The molecule has 1 aromatic rings. The number of hydrogen-bond acceptors (Lipinski definition) is 2. The van der Waals surface area contributed by atoms with Gasteiger partial charge in [-0.25, -0.2) is 0 Å². The normalized spacial score (nSPS) is 18.8. The molecule has 1 N–H and O–H groups in total. The third-order valence-electron chi connectivity index (χ3n) is 2.41. The van der Waals surface area contributed by atoms with E-state index < -0.39 is 0 Å². The molecular formula is C11H16N2. The quantitative estimate of drug-likeness (QED) is 0.733. The van der Waals surface area contributed by atoms with E-state index in [1.165, 1.54) is 25.1 Å². The van der Waals surface area contributed by atoms with Crippen LogP contribution in [0.2, 0.25) is 0 Å². The lowest BCUT2D eigenvalue weighted by Gasteiger charge is -2.27. The van der Waals surface area contributed by atoms with Crippen molar-refractivity contribution in [2.75, 3.05) is 19.8 Å². The van der Waals surface area contributed by atoms with Gasteiger partial charge in [0, 0.05) is 19.8 Å². The van der Waals surface area contributed by atoms with Crippen LogP contribution in [0.15, 0.2) is 30.3 Å². The lowest BCUT2D eigenvalue weighted by molar-refractivity contribution is 0.208. The Bertz CT molecular complexity index is 240. The highest BCUT2D eigenvalue weighted by Crippen LogP contribution is 2.05. The van der Waals surface area contributed by atoms with Crippen LogP contribution >= 0.6 is 0 Å². The molecule has 70 valence electrons. The smallest absolute Gasteiger partial charge is 0.0483 e. The van der Waals surface area contributed by atoms with Crippen LogP contribution in [0.4, 0.5) is 0 Å². The van der Waals surface area contributed by atoms with Crippen molar-refractivity contribution in [1.29, 1.82) is 0 Å². The van der Waals surface area contributed by atoms with Gasteiger partial charge in [0.25, 0.3) is 0 Å². The second-order valence-corrected chi connectivity index (χ2v) is 3.55. The molecule has 0 aromatic heterocycles. The van der Waals surface area contributed by atoms with Gasteiger partial charge in [-0.3, -0.25) is 4.90 Å². The Balaban J connectivity index is 1.90. The Hall–Kier alpha value is -0.860. The summed E-state index contributed by atoms with van der Waals surface area (Å²) in [4.78, 5) is 2.44. The summed E-state index contributed by atoms with van der Waals surface area (Å²) in [5.41, 5.74) is 1.41. The molecule has 0 bridgehead atoms. The summed E-state index contributed by atoms with van der Waals surface area (Å²) in [6, 6.07) is 10.7. The maximum atomic E-state index is 3.38. The largest absolute Gasteiger partial charge is 0.304 e. The molecule has 0 radical (unpaired) electrons. The van der Waals surface area contributed by atoms with Gasteiger partial charge >= 0.3 is 0 Å². The maximum absolute atomic E-state index is 3.38. The van der Waals surface area contributed by atoms with Gasteiger partial charge in [0.2, 0.25) is 0 Å². The lowest BCUT2D eigenvalue weighted by atomic mass is 10.2. The molecule has 0 aliphatic carbocycles. The first kappa shape index (κ1) is 8.73. The van der Waals surface area contributed by atoms with Crippen LogP contribution < -0.4 is 5.32 Å². The first-order valence-electron chi connectivity index (χ1n) is 4.92. The molecule has 0 spiro atoms. The molecule has 0 unspecified atom stereocenters. The Morgan fingerprint density at radius 3 is 2.77 bits per heavy atom. The number of benzene rings is 1. The fourth-order valence-corrected chi connectivity index (χ4v) is 1.72. The summed E-state index contributed by atoms with van der Waals surface area (Å²) in [7, 11) is 0. The molecule has 1 aliphatic heterocycles. The van der Waals surface area contributed by atoms with Crippen molar-refractivity contribution in [1.82, 2.24) is 10.2 Å². The zero-order chi connectivity index (χ0) is 8.93. The van der Waals surface area contributed by atoms with E-state index in [0.29, 0.717) is 0 Å². The summed E-state index contributed by atoms with van der Waals surface area (Å²) >= 11 is 0. The monoisotopic (exact) mass is 176 g/mol. The van der Waals surface area contributed by atoms with Crippen molar-refractivity contribution in [3.05, 3.63) is 35.9 Å². The molecular weight excluding hydrogens is 160 g/mol. The van der Waals surface area contributed by atoms with Crippen LogP contribution in [-0.4, -0.2) is 24.7 Å². The number of rotatable bonds is 2. The SMILES string of the molecule is c1ccc(CN2CCCNC2)cc1. The van der Waals surface area contributed by atoms with Gasteiger partial charge in [-0.15, -0.1) is 0 Å². The van der Waals surface area contributed by atoms with Crippen molar-refractivity contribution in [3.8, 4) is 0 Å². The zero-order valence-electron chi connectivity index (χ0n) is 7.87. The first-order chi connectivity index (χ1) is 6.45. The van der Waals surface area contributed by atoms with Crippen LogP contribution in [0.25, 0.3) is 0 Å². The van der Waals surface area contributed by atoms with Crippen LogP contribution in [0.1, 0.15) is 12.0 Å². The molecule has 2 nitrogen and oxygen atoms in total. The molecule has 2 rings (SSSR count). The number of nitrogens with zero attached hydrogens (tertiary/aromatic N) is 1. The van der Waals surface area contributed by atoms with E-state index in [1.807, 2.05) is 0 Å². The predicted octanol–water partition coefficient (Wildman–Crippen LogP) is 1.44. The van der Waals surface area contributed by atoms with Crippen molar-refractivity contribution < 1.29 is 0 Å². The summed E-state index contributed by atoms with van der Waals surface area (Å²) < 4.78 is 0. The second-order valence-electron chi connectivity index (χ2n) is 3.55. The third kappa shape index (κ3) is 2.54.